The van der Waals surface area contributed by atoms with Gasteiger partial charge in [-0.3, -0.25) is 0 Å². The molecule has 0 bridgehead atoms. The van der Waals surface area contributed by atoms with Crippen molar-refractivity contribution in [3.05, 3.63) is 64.7 Å². The van der Waals surface area contributed by atoms with E-state index in [-0.39, 0.29) is 0 Å². The van der Waals surface area contributed by atoms with Gasteiger partial charge in [0.1, 0.15) is 5.75 Å². The molecular weight excluding hydrogens is 196 g/mol. The molecule has 2 rings (SSSR count). The first-order valence-corrected chi connectivity index (χ1v) is 5.49. The van der Waals surface area contributed by atoms with E-state index < -0.39 is 0 Å². The molecule has 0 aliphatic heterocycles. The Morgan fingerprint density at radius 3 is 2.12 bits per heavy atom. The van der Waals surface area contributed by atoms with Gasteiger partial charge in [-0.1, -0.05) is 42.0 Å². The van der Waals surface area contributed by atoms with Crippen molar-refractivity contribution in [2.75, 3.05) is 0 Å². The average Bonchev–Trinajstić information content (AvgIpc) is 2.27. The lowest BCUT2D eigenvalue weighted by Crippen LogP contribution is -1.88. The molecule has 0 amide bonds. The first-order valence-electron chi connectivity index (χ1n) is 5.49. The van der Waals surface area contributed by atoms with E-state index in [0.29, 0.717) is 5.75 Å². The van der Waals surface area contributed by atoms with Crippen molar-refractivity contribution in [3.63, 3.8) is 0 Å². The van der Waals surface area contributed by atoms with Gasteiger partial charge in [0.05, 0.1) is 0 Å². The maximum absolute atomic E-state index is 9.62. The Balaban J connectivity index is 2.20. The largest absolute Gasteiger partial charge is 0.508 e. The summed E-state index contributed by atoms with van der Waals surface area (Å²) in [5, 5.41) is 9.62. The average molecular weight is 212 g/mol. The molecule has 0 spiro atoms. The van der Waals surface area contributed by atoms with Crippen LogP contribution in [-0.4, -0.2) is 5.11 Å². The predicted molar refractivity (Wildman–Crippen MR) is 66.8 cm³/mol. The third-order valence-electron chi connectivity index (χ3n) is 2.80. The zero-order valence-electron chi connectivity index (χ0n) is 9.70. The van der Waals surface area contributed by atoms with Crippen LogP contribution in [0.4, 0.5) is 0 Å². The van der Waals surface area contributed by atoms with Crippen molar-refractivity contribution in [1.82, 2.24) is 0 Å². The standard InChI is InChI=1S/C15H16O/c1-11-3-6-13(7-4-11)9-14-8-5-12(2)15(16)10-14/h3-8,10,16H,9H2,1-2H3. The van der Waals surface area contributed by atoms with Gasteiger partial charge in [0.2, 0.25) is 0 Å². The van der Waals surface area contributed by atoms with E-state index in [1.807, 2.05) is 19.1 Å². The second-order valence-corrected chi connectivity index (χ2v) is 4.28. The number of hydrogen-bond acceptors (Lipinski definition) is 1. The summed E-state index contributed by atoms with van der Waals surface area (Å²) in [5.74, 6) is 0.379. The Morgan fingerprint density at radius 2 is 1.50 bits per heavy atom. The zero-order valence-corrected chi connectivity index (χ0v) is 9.70. The van der Waals surface area contributed by atoms with E-state index in [1.165, 1.54) is 11.1 Å². The van der Waals surface area contributed by atoms with Crippen molar-refractivity contribution in [2.45, 2.75) is 20.3 Å². The molecule has 16 heavy (non-hydrogen) atoms. The van der Waals surface area contributed by atoms with Crippen molar-refractivity contribution in [2.24, 2.45) is 0 Å². The van der Waals surface area contributed by atoms with Crippen molar-refractivity contribution >= 4 is 0 Å². The monoisotopic (exact) mass is 212 g/mol. The lowest BCUT2D eigenvalue weighted by atomic mass is 10.0. The highest BCUT2D eigenvalue weighted by Gasteiger charge is 2.00. The zero-order chi connectivity index (χ0) is 11.5. The van der Waals surface area contributed by atoms with Crippen LogP contribution in [0.3, 0.4) is 0 Å². The van der Waals surface area contributed by atoms with Crippen LogP contribution in [0.1, 0.15) is 22.3 Å². The van der Waals surface area contributed by atoms with Crippen molar-refractivity contribution < 1.29 is 5.11 Å². The van der Waals surface area contributed by atoms with Gasteiger partial charge in [-0.05, 0) is 43.0 Å². The smallest absolute Gasteiger partial charge is 0.118 e. The molecule has 0 saturated carbocycles. The van der Waals surface area contributed by atoms with Crippen LogP contribution in [0.15, 0.2) is 42.5 Å². The van der Waals surface area contributed by atoms with Crippen LogP contribution in [0.5, 0.6) is 5.75 Å². The fourth-order valence-electron chi connectivity index (χ4n) is 1.71. The summed E-state index contributed by atoms with van der Waals surface area (Å²) in [6.07, 6.45) is 0.869. The fraction of sp³-hybridized carbons (Fsp3) is 0.200. The molecule has 0 fully saturated rings. The van der Waals surface area contributed by atoms with Gasteiger partial charge in [-0.15, -0.1) is 0 Å². The Morgan fingerprint density at radius 1 is 0.875 bits per heavy atom. The van der Waals surface area contributed by atoms with Crippen LogP contribution >= 0.6 is 0 Å². The normalized spacial score (nSPS) is 10.4. The summed E-state index contributed by atoms with van der Waals surface area (Å²) in [4.78, 5) is 0. The molecule has 0 aliphatic carbocycles. The highest BCUT2D eigenvalue weighted by atomic mass is 16.3. The molecule has 1 nitrogen and oxygen atoms in total. The minimum atomic E-state index is 0.379. The Bertz CT molecular complexity index is 483. The van der Waals surface area contributed by atoms with E-state index in [1.54, 1.807) is 0 Å². The van der Waals surface area contributed by atoms with Crippen LogP contribution in [0, 0.1) is 13.8 Å². The molecule has 0 aromatic heterocycles. The third-order valence-corrected chi connectivity index (χ3v) is 2.80. The lowest BCUT2D eigenvalue weighted by molar-refractivity contribution is 0.470. The van der Waals surface area contributed by atoms with Crippen LogP contribution in [0.2, 0.25) is 0 Å². The summed E-state index contributed by atoms with van der Waals surface area (Å²) in [6.45, 7) is 3.99. The van der Waals surface area contributed by atoms with E-state index >= 15 is 0 Å². The topological polar surface area (TPSA) is 20.2 Å². The molecule has 1 N–H and O–H groups in total. The summed E-state index contributed by atoms with van der Waals surface area (Å²) in [7, 11) is 0. The first-order chi connectivity index (χ1) is 7.65. The molecule has 2 aromatic carbocycles. The quantitative estimate of drug-likeness (QED) is 0.806. The van der Waals surface area contributed by atoms with E-state index in [2.05, 4.69) is 37.3 Å². The second kappa shape index (κ2) is 4.40. The Hall–Kier alpha value is -1.76. The summed E-state index contributed by atoms with van der Waals surface area (Å²) in [5.41, 5.74) is 4.61. The van der Waals surface area contributed by atoms with Gasteiger partial charge < -0.3 is 5.11 Å². The van der Waals surface area contributed by atoms with Gasteiger partial charge in [0.15, 0.2) is 0 Å². The molecule has 1 heteroatoms. The molecule has 0 unspecified atom stereocenters. The van der Waals surface area contributed by atoms with Gasteiger partial charge in [0, 0.05) is 0 Å². The minimum Gasteiger partial charge on any atom is -0.508 e. The number of hydrogen-bond donors (Lipinski definition) is 1. The maximum Gasteiger partial charge on any atom is 0.118 e. The van der Waals surface area contributed by atoms with Gasteiger partial charge in [0.25, 0.3) is 0 Å². The molecular formula is C15H16O. The predicted octanol–water partition coefficient (Wildman–Crippen LogP) is 3.60. The molecule has 0 aliphatic rings. The molecule has 82 valence electrons. The third kappa shape index (κ3) is 2.43. The fourth-order valence-corrected chi connectivity index (χ4v) is 1.71. The highest BCUT2D eigenvalue weighted by Crippen LogP contribution is 2.19. The molecule has 2 aromatic rings. The molecule has 0 saturated heterocycles. The van der Waals surface area contributed by atoms with Crippen LogP contribution in [-0.2, 0) is 6.42 Å². The van der Waals surface area contributed by atoms with Gasteiger partial charge in [-0.25, -0.2) is 0 Å². The van der Waals surface area contributed by atoms with Crippen LogP contribution < -0.4 is 0 Å². The van der Waals surface area contributed by atoms with Crippen molar-refractivity contribution in [3.8, 4) is 5.75 Å². The molecule has 0 atom stereocenters. The number of rotatable bonds is 2. The number of aryl methyl sites for hydroxylation is 2. The van der Waals surface area contributed by atoms with Crippen molar-refractivity contribution in [1.29, 1.82) is 0 Å². The van der Waals surface area contributed by atoms with Gasteiger partial charge in [-0.2, -0.15) is 0 Å². The number of benzene rings is 2. The van der Waals surface area contributed by atoms with Crippen LogP contribution in [0.25, 0.3) is 0 Å². The highest BCUT2D eigenvalue weighted by molar-refractivity contribution is 5.37. The minimum absolute atomic E-state index is 0.379. The van der Waals surface area contributed by atoms with E-state index in [9.17, 15) is 5.11 Å². The maximum atomic E-state index is 9.62. The summed E-state index contributed by atoms with van der Waals surface area (Å²) >= 11 is 0. The Labute approximate surface area is 96.4 Å². The summed E-state index contributed by atoms with van der Waals surface area (Å²) in [6, 6.07) is 14.4. The number of aromatic hydroxyl groups is 1. The number of phenols is 1. The molecule has 0 heterocycles. The second-order valence-electron chi connectivity index (χ2n) is 4.28. The SMILES string of the molecule is Cc1ccc(Cc2ccc(C)c(O)c2)cc1. The molecule has 0 radical (unpaired) electrons. The summed E-state index contributed by atoms with van der Waals surface area (Å²) < 4.78 is 0. The first kappa shape index (κ1) is 10.7. The van der Waals surface area contributed by atoms with E-state index in [0.717, 1.165) is 17.5 Å². The lowest BCUT2D eigenvalue weighted by Gasteiger charge is -2.05. The van der Waals surface area contributed by atoms with Gasteiger partial charge >= 0.3 is 0 Å². The number of phenolic OH excluding ortho intramolecular Hbond substituents is 1. The van der Waals surface area contributed by atoms with E-state index in [4.69, 9.17) is 0 Å². The Kier molecular flexibility index (Phi) is 2.95.